The Hall–Kier alpha value is -1.46. The molecule has 1 N–H and O–H groups in total. The lowest BCUT2D eigenvalue weighted by Gasteiger charge is -2.22. The maximum Gasteiger partial charge on any atom is 0.273 e. The van der Waals surface area contributed by atoms with Crippen molar-refractivity contribution in [3.8, 4) is 0 Å². The van der Waals surface area contributed by atoms with E-state index in [4.69, 9.17) is 11.6 Å². The summed E-state index contributed by atoms with van der Waals surface area (Å²) in [6, 6.07) is 7.41. The van der Waals surface area contributed by atoms with Gasteiger partial charge in [-0.2, -0.15) is 8.75 Å². The van der Waals surface area contributed by atoms with Crippen molar-refractivity contribution in [3.05, 3.63) is 46.7 Å². The van der Waals surface area contributed by atoms with E-state index in [0.29, 0.717) is 10.7 Å². The van der Waals surface area contributed by atoms with Gasteiger partial charge in [0.05, 0.1) is 24.0 Å². The predicted octanol–water partition coefficient (Wildman–Crippen LogP) is 3.32. The first-order chi connectivity index (χ1) is 9.08. The first kappa shape index (κ1) is 14.0. The van der Waals surface area contributed by atoms with Crippen LogP contribution in [-0.4, -0.2) is 14.7 Å². The van der Waals surface area contributed by atoms with E-state index < -0.39 is 0 Å². The molecule has 1 aromatic heterocycles. The molecular weight excluding hydrogens is 282 g/mol. The van der Waals surface area contributed by atoms with Crippen molar-refractivity contribution in [1.82, 2.24) is 14.1 Å². The summed E-state index contributed by atoms with van der Waals surface area (Å²) in [5.74, 6) is 0.0547. The third-order valence-electron chi connectivity index (χ3n) is 2.78. The van der Waals surface area contributed by atoms with Gasteiger partial charge in [-0.05, 0) is 23.6 Å². The van der Waals surface area contributed by atoms with Gasteiger partial charge in [0.25, 0.3) is 5.91 Å². The highest BCUT2D eigenvalue weighted by molar-refractivity contribution is 6.99. The molecule has 0 bridgehead atoms. The van der Waals surface area contributed by atoms with Crippen LogP contribution in [0.3, 0.4) is 0 Å². The third kappa shape index (κ3) is 3.52. The summed E-state index contributed by atoms with van der Waals surface area (Å²) >= 11 is 6.90. The Morgan fingerprint density at radius 3 is 2.53 bits per heavy atom. The van der Waals surface area contributed by atoms with Crippen LogP contribution in [0.1, 0.15) is 35.9 Å². The molecule has 0 spiro atoms. The van der Waals surface area contributed by atoms with Crippen molar-refractivity contribution < 1.29 is 4.79 Å². The zero-order chi connectivity index (χ0) is 13.8. The van der Waals surface area contributed by atoms with Crippen molar-refractivity contribution >= 4 is 29.2 Å². The van der Waals surface area contributed by atoms with Crippen molar-refractivity contribution in [2.24, 2.45) is 5.92 Å². The first-order valence-electron chi connectivity index (χ1n) is 5.92. The number of aromatic nitrogens is 2. The number of halogens is 1. The van der Waals surface area contributed by atoms with Crippen LogP contribution in [-0.2, 0) is 0 Å². The van der Waals surface area contributed by atoms with Crippen molar-refractivity contribution in [2.45, 2.75) is 19.9 Å². The summed E-state index contributed by atoms with van der Waals surface area (Å²) < 4.78 is 7.77. The molecule has 1 amide bonds. The molecule has 0 saturated carbocycles. The van der Waals surface area contributed by atoms with E-state index in [1.807, 2.05) is 24.3 Å². The molecule has 0 saturated heterocycles. The number of hydrogen-bond acceptors (Lipinski definition) is 4. The molecule has 6 heteroatoms. The molecule has 100 valence electrons. The molecule has 19 heavy (non-hydrogen) atoms. The zero-order valence-electron chi connectivity index (χ0n) is 10.6. The number of carbonyl (C=O) groups excluding carboxylic acids is 1. The molecule has 0 aliphatic carbocycles. The van der Waals surface area contributed by atoms with Crippen LogP contribution in [0.15, 0.2) is 30.5 Å². The Morgan fingerprint density at radius 2 is 2.00 bits per heavy atom. The number of nitrogens with zero attached hydrogens (tertiary/aromatic N) is 2. The van der Waals surface area contributed by atoms with E-state index in [1.54, 1.807) is 0 Å². The van der Waals surface area contributed by atoms with Gasteiger partial charge in [0.1, 0.15) is 0 Å². The van der Waals surface area contributed by atoms with Crippen LogP contribution in [0.2, 0.25) is 5.02 Å². The second-order valence-electron chi connectivity index (χ2n) is 4.54. The Balaban J connectivity index is 2.17. The number of benzene rings is 1. The van der Waals surface area contributed by atoms with Crippen LogP contribution in [0, 0.1) is 5.92 Å². The fourth-order valence-electron chi connectivity index (χ4n) is 1.78. The van der Waals surface area contributed by atoms with E-state index in [2.05, 4.69) is 27.9 Å². The highest BCUT2D eigenvalue weighted by Crippen LogP contribution is 2.23. The van der Waals surface area contributed by atoms with Crippen LogP contribution < -0.4 is 5.32 Å². The first-order valence-corrected chi connectivity index (χ1v) is 7.02. The minimum atomic E-state index is -0.206. The molecule has 1 aromatic carbocycles. The molecule has 2 aromatic rings. The molecule has 1 unspecified atom stereocenters. The van der Waals surface area contributed by atoms with Crippen molar-refractivity contribution in [2.75, 3.05) is 0 Å². The Labute approximate surface area is 121 Å². The van der Waals surface area contributed by atoms with E-state index in [9.17, 15) is 4.79 Å². The quantitative estimate of drug-likeness (QED) is 0.941. The lowest BCUT2D eigenvalue weighted by atomic mass is 9.96. The van der Waals surface area contributed by atoms with Crippen LogP contribution in [0.4, 0.5) is 0 Å². The Morgan fingerprint density at radius 1 is 1.32 bits per heavy atom. The summed E-state index contributed by atoms with van der Waals surface area (Å²) in [6.45, 7) is 4.11. The topological polar surface area (TPSA) is 54.9 Å². The number of amides is 1. The molecule has 0 fully saturated rings. The normalized spacial score (nSPS) is 12.4. The standard InChI is InChI=1S/C13H14ClN3OS/c1-8(2)12(9-3-5-10(14)6-4-9)16-13(18)11-7-15-19-17-11/h3-8,12H,1-2H3,(H,16,18). The monoisotopic (exact) mass is 295 g/mol. The summed E-state index contributed by atoms with van der Waals surface area (Å²) in [6.07, 6.45) is 1.47. The largest absolute Gasteiger partial charge is 0.344 e. The van der Waals surface area contributed by atoms with Gasteiger partial charge < -0.3 is 5.32 Å². The average Bonchev–Trinajstić information content (AvgIpc) is 2.90. The fourth-order valence-corrected chi connectivity index (χ4v) is 2.32. The van der Waals surface area contributed by atoms with E-state index in [1.165, 1.54) is 6.20 Å². The smallest absolute Gasteiger partial charge is 0.273 e. The van der Waals surface area contributed by atoms with Gasteiger partial charge in [0.15, 0.2) is 5.69 Å². The molecule has 1 heterocycles. The van der Waals surface area contributed by atoms with Crippen molar-refractivity contribution in [3.63, 3.8) is 0 Å². The van der Waals surface area contributed by atoms with Crippen LogP contribution >= 0.6 is 23.3 Å². The van der Waals surface area contributed by atoms with Crippen molar-refractivity contribution in [1.29, 1.82) is 0 Å². The highest BCUT2D eigenvalue weighted by atomic mass is 35.5. The molecule has 0 aliphatic rings. The highest BCUT2D eigenvalue weighted by Gasteiger charge is 2.20. The minimum Gasteiger partial charge on any atom is -0.344 e. The second-order valence-corrected chi connectivity index (χ2v) is 5.53. The number of carbonyl (C=O) groups is 1. The fraction of sp³-hybridized carbons (Fsp3) is 0.308. The van der Waals surface area contributed by atoms with Crippen LogP contribution in [0.25, 0.3) is 0 Å². The van der Waals surface area contributed by atoms with Gasteiger partial charge >= 0.3 is 0 Å². The lowest BCUT2D eigenvalue weighted by Crippen LogP contribution is -2.31. The summed E-state index contributed by atoms with van der Waals surface area (Å²) in [5, 5.41) is 3.66. The summed E-state index contributed by atoms with van der Waals surface area (Å²) in [5.41, 5.74) is 1.38. The molecule has 2 rings (SSSR count). The zero-order valence-corrected chi connectivity index (χ0v) is 12.2. The molecule has 4 nitrogen and oxygen atoms in total. The van der Waals surface area contributed by atoms with Gasteiger partial charge in [0.2, 0.25) is 0 Å². The molecule has 1 atom stereocenters. The SMILES string of the molecule is CC(C)C(NC(=O)c1cnsn1)c1ccc(Cl)cc1. The molecule has 0 radical (unpaired) electrons. The third-order valence-corrected chi connectivity index (χ3v) is 3.51. The van der Waals surface area contributed by atoms with E-state index in [-0.39, 0.29) is 17.9 Å². The summed E-state index contributed by atoms with van der Waals surface area (Å²) in [7, 11) is 0. The lowest BCUT2D eigenvalue weighted by molar-refractivity contribution is 0.0921. The number of rotatable bonds is 4. The van der Waals surface area contributed by atoms with Gasteiger partial charge in [-0.3, -0.25) is 4.79 Å². The van der Waals surface area contributed by atoms with E-state index in [0.717, 1.165) is 17.3 Å². The van der Waals surface area contributed by atoms with Gasteiger partial charge in [-0.15, -0.1) is 0 Å². The Kier molecular flexibility index (Phi) is 4.50. The number of nitrogens with one attached hydrogen (secondary N) is 1. The molecular formula is C13H14ClN3OS. The average molecular weight is 296 g/mol. The van der Waals surface area contributed by atoms with Crippen LogP contribution in [0.5, 0.6) is 0 Å². The van der Waals surface area contributed by atoms with Gasteiger partial charge in [-0.1, -0.05) is 37.6 Å². The Bertz CT molecular complexity index is 540. The van der Waals surface area contributed by atoms with Gasteiger partial charge in [0, 0.05) is 5.02 Å². The maximum absolute atomic E-state index is 12.0. The number of hydrogen-bond donors (Lipinski definition) is 1. The summed E-state index contributed by atoms with van der Waals surface area (Å²) in [4.78, 5) is 12.0. The maximum atomic E-state index is 12.0. The molecule has 0 aliphatic heterocycles. The predicted molar refractivity (Wildman–Crippen MR) is 76.4 cm³/mol. The van der Waals surface area contributed by atoms with Gasteiger partial charge in [-0.25, -0.2) is 0 Å². The second kappa shape index (κ2) is 6.12. The minimum absolute atomic E-state index is 0.0773. The van der Waals surface area contributed by atoms with E-state index >= 15 is 0 Å².